The molecule has 0 aliphatic carbocycles. The standard InChI is InChI=1S/C22H15NO4S2/c24-20-19(29-22(28)23(20)13-14-6-2-1-3-7-14)12-15-10-11-18(27-15)16-8-4-5-9-17(16)21(25)26/h1-12H,13H2,(H,25,26). The van der Waals surface area contributed by atoms with Crippen molar-refractivity contribution in [2.75, 3.05) is 0 Å². The van der Waals surface area contributed by atoms with Gasteiger partial charge < -0.3 is 9.52 Å². The zero-order valence-electron chi connectivity index (χ0n) is 15.1. The Morgan fingerprint density at radius 2 is 1.79 bits per heavy atom. The highest BCUT2D eigenvalue weighted by atomic mass is 32.2. The molecule has 0 radical (unpaired) electrons. The van der Waals surface area contributed by atoms with E-state index in [1.54, 1.807) is 41.3 Å². The number of rotatable bonds is 5. The fraction of sp³-hybridized carbons (Fsp3) is 0.0455. The first kappa shape index (κ1) is 19.2. The highest BCUT2D eigenvalue weighted by Crippen LogP contribution is 2.35. The number of aromatic carboxylic acids is 1. The number of carboxylic acid groups (broad SMARTS) is 1. The number of carboxylic acids is 1. The fourth-order valence-corrected chi connectivity index (χ4v) is 4.23. The third kappa shape index (κ3) is 4.01. The van der Waals surface area contributed by atoms with Crippen LogP contribution in [0.3, 0.4) is 0 Å². The van der Waals surface area contributed by atoms with E-state index in [1.165, 1.54) is 17.8 Å². The molecule has 1 N–H and O–H groups in total. The summed E-state index contributed by atoms with van der Waals surface area (Å²) in [4.78, 5) is 26.2. The summed E-state index contributed by atoms with van der Waals surface area (Å²) in [7, 11) is 0. The third-order valence-electron chi connectivity index (χ3n) is 4.38. The van der Waals surface area contributed by atoms with Crippen LogP contribution in [0.25, 0.3) is 17.4 Å². The van der Waals surface area contributed by atoms with Crippen molar-refractivity contribution >= 4 is 46.3 Å². The van der Waals surface area contributed by atoms with Crippen LogP contribution in [-0.2, 0) is 11.3 Å². The van der Waals surface area contributed by atoms with Gasteiger partial charge in [0.05, 0.1) is 17.0 Å². The van der Waals surface area contributed by atoms with Crippen LogP contribution in [0.2, 0.25) is 0 Å². The summed E-state index contributed by atoms with van der Waals surface area (Å²) in [5, 5.41) is 9.36. The molecule has 2 aromatic carbocycles. The lowest BCUT2D eigenvalue weighted by Crippen LogP contribution is -2.27. The average molecular weight is 421 g/mol. The largest absolute Gasteiger partial charge is 0.478 e. The van der Waals surface area contributed by atoms with E-state index < -0.39 is 5.97 Å². The van der Waals surface area contributed by atoms with E-state index in [0.29, 0.717) is 32.9 Å². The van der Waals surface area contributed by atoms with Gasteiger partial charge >= 0.3 is 5.97 Å². The summed E-state index contributed by atoms with van der Waals surface area (Å²) in [6, 6.07) is 19.7. The molecule has 0 spiro atoms. The Morgan fingerprint density at radius 1 is 1.07 bits per heavy atom. The smallest absolute Gasteiger partial charge is 0.336 e. The van der Waals surface area contributed by atoms with Gasteiger partial charge in [0.15, 0.2) is 0 Å². The van der Waals surface area contributed by atoms with Gasteiger partial charge in [-0.25, -0.2) is 4.79 Å². The van der Waals surface area contributed by atoms with Crippen LogP contribution >= 0.6 is 24.0 Å². The van der Waals surface area contributed by atoms with Crippen molar-refractivity contribution in [1.29, 1.82) is 0 Å². The Labute approximate surface area is 176 Å². The minimum atomic E-state index is -1.03. The van der Waals surface area contributed by atoms with Gasteiger partial charge in [-0.1, -0.05) is 72.5 Å². The molecule has 0 atom stereocenters. The van der Waals surface area contributed by atoms with Crippen LogP contribution < -0.4 is 0 Å². The van der Waals surface area contributed by atoms with Crippen LogP contribution in [-0.4, -0.2) is 26.2 Å². The first-order chi connectivity index (χ1) is 14.0. The molecule has 1 fully saturated rings. The van der Waals surface area contributed by atoms with Gasteiger partial charge in [0.2, 0.25) is 0 Å². The van der Waals surface area contributed by atoms with Crippen LogP contribution in [0.1, 0.15) is 21.7 Å². The van der Waals surface area contributed by atoms with E-state index in [4.69, 9.17) is 16.6 Å². The third-order valence-corrected chi connectivity index (χ3v) is 5.76. The van der Waals surface area contributed by atoms with Gasteiger partial charge in [-0.2, -0.15) is 0 Å². The number of hydrogen-bond donors (Lipinski definition) is 1. The molecule has 5 nitrogen and oxygen atoms in total. The predicted octanol–water partition coefficient (Wildman–Crippen LogP) is 5.05. The van der Waals surface area contributed by atoms with Crippen molar-refractivity contribution in [2.45, 2.75) is 6.54 Å². The number of thiocarbonyl (C=S) groups is 1. The Balaban J connectivity index is 1.57. The Kier molecular flexibility index (Phi) is 5.33. The lowest BCUT2D eigenvalue weighted by atomic mass is 10.1. The molecule has 3 aromatic rings. The Bertz CT molecular complexity index is 1130. The first-order valence-corrected chi connectivity index (χ1v) is 9.97. The number of thioether (sulfide) groups is 1. The molecule has 29 heavy (non-hydrogen) atoms. The van der Waals surface area contributed by atoms with Crippen LogP contribution in [0.5, 0.6) is 0 Å². The lowest BCUT2D eigenvalue weighted by molar-refractivity contribution is -0.122. The van der Waals surface area contributed by atoms with Crippen LogP contribution in [0, 0.1) is 0 Å². The van der Waals surface area contributed by atoms with Gasteiger partial charge in [0.1, 0.15) is 15.8 Å². The maximum absolute atomic E-state index is 12.8. The molecule has 1 saturated heterocycles. The number of carbonyl (C=O) groups excluding carboxylic acids is 1. The Morgan fingerprint density at radius 3 is 2.55 bits per heavy atom. The van der Waals surface area contributed by atoms with E-state index >= 15 is 0 Å². The molecule has 0 saturated carbocycles. The number of carbonyl (C=O) groups is 2. The number of furan rings is 1. The molecule has 1 aliphatic heterocycles. The molecular formula is C22H15NO4S2. The van der Waals surface area contributed by atoms with Crippen LogP contribution in [0.4, 0.5) is 0 Å². The minimum Gasteiger partial charge on any atom is -0.478 e. The van der Waals surface area contributed by atoms with Crippen LogP contribution in [0.15, 0.2) is 76.1 Å². The van der Waals surface area contributed by atoms with E-state index in [9.17, 15) is 14.7 Å². The number of amides is 1. The monoisotopic (exact) mass is 421 g/mol. The van der Waals surface area contributed by atoms with Gasteiger partial charge in [-0.05, 0) is 23.8 Å². The van der Waals surface area contributed by atoms with Crippen molar-refractivity contribution in [3.8, 4) is 11.3 Å². The highest BCUT2D eigenvalue weighted by molar-refractivity contribution is 8.26. The fourth-order valence-electron chi connectivity index (χ4n) is 2.99. The average Bonchev–Trinajstić information content (AvgIpc) is 3.29. The quantitative estimate of drug-likeness (QED) is 0.459. The summed E-state index contributed by atoms with van der Waals surface area (Å²) in [5.41, 5.74) is 1.63. The predicted molar refractivity (Wildman–Crippen MR) is 116 cm³/mol. The molecule has 7 heteroatoms. The summed E-state index contributed by atoms with van der Waals surface area (Å²) in [6.45, 7) is 0.415. The normalized spacial score (nSPS) is 15.3. The topological polar surface area (TPSA) is 70.8 Å². The van der Waals surface area contributed by atoms with Crippen molar-refractivity contribution in [3.05, 3.63) is 88.5 Å². The van der Waals surface area contributed by atoms with E-state index in [1.807, 2.05) is 30.3 Å². The Hall–Kier alpha value is -3.16. The maximum atomic E-state index is 12.8. The number of hydrogen-bond acceptors (Lipinski definition) is 5. The van der Waals surface area contributed by atoms with Crippen molar-refractivity contribution in [3.63, 3.8) is 0 Å². The van der Waals surface area contributed by atoms with Crippen molar-refractivity contribution in [2.24, 2.45) is 0 Å². The molecule has 1 aromatic heterocycles. The van der Waals surface area contributed by atoms with Gasteiger partial charge in [-0.3, -0.25) is 9.69 Å². The minimum absolute atomic E-state index is 0.155. The summed E-state index contributed by atoms with van der Waals surface area (Å²) in [6.07, 6.45) is 1.64. The maximum Gasteiger partial charge on any atom is 0.336 e. The summed E-state index contributed by atoms with van der Waals surface area (Å²) >= 11 is 6.59. The van der Waals surface area contributed by atoms with E-state index in [0.717, 1.165) is 5.56 Å². The number of benzene rings is 2. The highest BCUT2D eigenvalue weighted by Gasteiger charge is 2.32. The molecular weight excluding hydrogens is 406 g/mol. The van der Waals surface area contributed by atoms with Gasteiger partial charge in [-0.15, -0.1) is 0 Å². The second-order valence-electron chi connectivity index (χ2n) is 6.31. The molecule has 2 heterocycles. The van der Waals surface area contributed by atoms with E-state index in [2.05, 4.69) is 0 Å². The van der Waals surface area contributed by atoms with Gasteiger partial charge in [0.25, 0.3) is 5.91 Å². The molecule has 4 rings (SSSR count). The second kappa shape index (κ2) is 8.06. The van der Waals surface area contributed by atoms with Gasteiger partial charge in [0, 0.05) is 11.6 Å². The number of nitrogens with zero attached hydrogens (tertiary/aromatic N) is 1. The summed E-state index contributed by atoms with van der Waals surface area (Å²) in [5.74, 6) is -0.317. The lowest BCUT2D eigenvalue weighted by Gasteiger charge is -2.14. The second-order valence-corrected chi connectivity index (χ2v) is 7.98. The van der Waals surface area contributed by atoms with E-state index in [-0.39, 0.29) is 11.5 Å². The SMILES string of the molecule is O=C(O)c1ccccc1-c1ccc(C=C2SC(=S)N(Cc3ccccc3)C2=O)o1. The van der Waals surface area contributed by atoms with Crippen molar-refractivity contribution < 1.29 is 19.1 Å². The molecule has 0 unspecified atom stereocenters. The first-order valence-electron chi connectivity index (χ1n) is 8.75. The zero-order chi connectivity index (χ0) is 20.4. The zero-order valence-corrected chi connectivity index (χ0v) is 16.7. The molecule has 144 valence electrons. The molecule has 1 amide bonds. The van der Waals surface area contributed by atoms with Crippen molar-refractivity contribution in [1.82, 2.24) is 4.90 Å². The molecule has 1 aliphatic rings. The molecule has 0 bridgehead atoms. The summed E-state index contributed by atoms with van der Waals surface area (Å²) < 4.78 is 6.29.